The van der Waals surface area contributed by atoms with E-state index in [2.05, 4.69) is 15.3 Å². The average molecular weight is 244 g/mol. The molecule has 1 unspecified atom stereocenters. The van der Waals surface area contributed by atoms with Gasteiger partial charge in [-0.15, -0.1) is 0 Å². The molecule has 0 fully saturated rings. The van der Waals surface area contributed by atoms with Crippen LogP contribution in [0.5, 0.6) is 0 Å². The smallest absolute Gasteiger partial charge is 0.137 e. The molecule has 0 radical (unpaired) electrons. The van der Waals surface area contributed by atoms with Gasteiger partial charge in [-0.25, -0.2) is 9.97 Å². The number of hydrogen-bond donors (Lipinski definition) is 1. The van der Waals surface area contributed by atoms with Crippen molar-refractivity contribution in [3.63, 3.8) is 0 Å². The molecule has 1 heterocycles. The molecule has 1 atom stereocenters. The standard InChI is InChI=1S/C11H18ClN3O/c1-5-9-14-10(12)8(3)11(15-9)13-7(2)6-16-4/h7H,5-6H2,1-4H3,(H,13,14,15). The van der Waals surface area contributed by atoms with Crippen molar-refractivity contribution in [1.82, 2.24) is 9.97 Å². The summed E-state index contributed by atoms with van der Waals surface area (Å²) in [5, 5.41) is 3.78. The number of aryl methyl sites for hydroxylation is 1. The van der Waals surface area contributed by atoms with E-state index in [1.807, 2.05) is 20.8 Å². The van der Waals surface area contributed by atoms with Crippen molar-refractivity contribution in [3.05, 3.63) is 16.5 Å². The summed E-state index contributed by atoms with van der Waals surface area (Å²) in [6.45, 7) is 6.57. The van der Waals surface area contributed by atoms with Crippen LogP contribution in [0.4, 0.5) is 5.82 Å². The highest BCUT2D eigenvalue weighted by atomic mass is 35.5. The van der Waals surface area contributed by atoms with Crippen LogP contribution in [-0.4, -0.2) is 29.7 Å². The van der Waals surface area contributed by atoms with E-state index < -0.39 is 0 Å². The maximum atomic E-state index is 6.04. The predicted molar refractivity (Wildman–Crippen MR) is 66.1 cm³/mol. The van der Waals surface area contributed by atoms with Gasteiger partial charge in [0.1, 0.15) is 16.8 Å². The Morgan fingerprint density at radius 2 is 2.12 bits per heavy atom. The number of nitrogens with one attached hydrogen (secondary N) is 1. The zero-order valence-electron chi connectivity index (χ0n) is 10.2. The Balaban J connectivity index is 2.89. The number of methoxy groups -OCH3 is 1. The fraction of sp³-hybridized carbons (Fsp3) is 0.636. The lowest BCUT2D eigenvalue weighted by Gasteiger charge is -2.16. The molecule has 0 amide bonds. The number of ether oxygens (including phenoxy) is 1. The lowest BCUT2D eigenvalue weighted by Crippen LogP contribution is -2.22. The van der Waals surface area contributed by atoms with Gasteiger partial charge in [0.25, 0.3) is 0 Å². The first-order valence-corrected chi connectivity index (χ1v) is 5.74. The van der Waals surface area contributed by atoms with E-state index in [1.54, 1.807) is 7.11 Å². The minimum Gasteiger partial charge on any atom is -0.383 e. The molecule has 5 heteroatoms. The summed E-state index contributed by atoms with van der Waals surface area (Å²) in [5.74, 6) is 1.55. The molecule has 1 aromatic rings. The van der Waals surface area contributed by atoms with Gasteiger partial charge in [0.15, 0.2) is 0 Å². The van der Waals surface area contributed by atoms with Crippen LogP contribution in [0.3, 0.4) is 0 Å². The van der Waals surface area contributed by atoms with Crippen molar-refractivity contribution in [2.24, 2.45) is 0 Å². The molecule has 1 N–H and O–H groups in total. The maximum absolute atomic E-state index is 6.04. The normalized spacial score (nSPS) is 12.6. The molecular formula is C11H18ClN3O. The number of aromatic nitrogens is 2. The molecule has 0 aliphatic carbocycles. The first-order valence-electron chi connectivity index (χ1n) is 5.37. The highest BCUT2D eigenvalue weighted by Crippen LogP contribution is 2.20. The van der Waals surface area contributed by atoms with Gasteiger partial charge in [-0.05, 0) is 13.8 Å². The van der Waals surface area contributed by atoms with Gasteiger partial charge in [0.2, 0.25) is 0 Å². The molecule has 4 nitrogen and oxygen atoms in total. The Hall–Kier alpha value is -0.870. The summed E-state index contributed by atoms with van der Waals surface area (Å²) < 4.78 is 5.06. The average Bonchev–Trinajstić information content (AvgIpc) is 2.24. The summed E-state index contributed by atoms with van der Waals surface area (Å²) in [6, 6.07) is 0.194. The number of rotatable bonds is 5. The molecule has 0 aromatic carbocycles. The third kappa shape index (κ3) is 3.32. The molecule has 1 rings (SSSR count). The second-order valence-electron chi connectivity index (χ2n) is 3.76. The van der Waals surface area contributed by atoms with E-state index in [0.717, 1.165) is 23.6 Å². The summed E-state index contributed by atoms with van der Waals surface area (Å²) in [7, 11) is 1.68. The minimum absolute atomic E-state index is 0.194. The van der Waals surface area contributed by atoms with Crippen molar-refractivity contribution in [2.45, 2.75) is 33.2 Å². The monoisotopic (exact) mass is 243 g/mol. The maximum Gasteiger partial charge on any atom is 0.137 e. The van der Waals surface area contributed by atoms with Crippen molar-refractivity contribution in [2.75, 3.05) is 19.0 Å². The third-order valence-electron chi connectivity index (χ3n) is 2.25. The van der Waals surface area contributed by atoms with Crippen LogP contribution in [0.25, 0.3) is 0 Å². The fourth-order valence-corrected chi connectivity index (χ4v) is 1.54. The Morgan fingerprint density at radius 3 is 2.69 bits per heavy atom. The van der Waals surface area contributed by atoms with Crippen LogP contribution in [0.15, 0.2) is 0 Å². The zero-order chi connectivity index (χ0) is 12.1. The summed E-state index contributed by atoms with van der Waals surface area (Å²) in [5.41, 5.74) is 0.877. The van der Waals surface area contributed by atoms with Gasteiger partial charge < -0.3 is 10.1 Å². The van der Waals surface area contributed by atoms with Gasteiger partial charge >= 0.3 is 0 Å². The molecule has 0 aliphatic rings. The molecule has 0 bridgehead atoms. The molecule has 16 heavy (non-hydrogen) atoms. The Kier molecular flexibility index (Phi) is 4.96. The minimum atomic E-state index is 0.194. The Labute approximate surface area is 101 Å². The first-order chi connectivity index (χ1) is 7.58. The summed E-state index contributed by atoms with van der Waals surface area (Å²) in [4.78, 5) is 8.60. The van der Waals surface area contributed by atoms with Gasteiger partial charge in [0, 0.05) is 25.1 Å². The molecular weight excluding hydrogens is 226 g/mol. The van der Waals surface area contributed by atoms with Gasteiger partial charge in [-0.2, -0.15) is 0 Å². The SMILES string of the molecule is CCc1nc(Cl)c(C)c(NC(C)COC)n1. The highest BCUT2D eigenvalue weighted by molar-refractivity contribution is 6.30. The van der Waals surface area contributed by atoms with Crippen molar-refractivity contribution in [1.29, 1.82) is 0 Å². The van der Waals surface area contributed by atoms with E-state index in [1.165, 1.54) is 0 Å². The van der Waals surface area contributed by atoms with Crippen LogP contribution in [0.2, 0.25) is 5.15 Å². The molecule has 0 saturated heterocycles. The molecule has 90 valence electrons. The lowest BCUT2D eigenvalue weighted by atomic mass is 10.3. The first kappa shape index (κ1) is 13.2. The quantitative estimate of drug-likeness (QED) is 0.807. The molecule has 0 saturated carbocycles. The highest BCUT2D eigenvalue weighted by Gasteiger charge is 2.10. The topological polar surface area (TPSA) is 47.0 Å². The van der Waals surface area contributed by atoms with Crippen molar-refractivity contribution >= 4 is 17.4 Å². The second-order valence-corrected chi connectivity index (χ2v) is 4.12. The number of nitrogens with zero attached hydrogens (tertiary/aromatic N) is 2. The van der Waals surface area contributed by atoms with E-state index in [-0.39, 0.29) is 6.04 Å². The zero-order valence-corrected chi connectivity index (χ0v) is 10.9. The summed E-state index contributed by atoms with van der Waals surface area (Å²) >= 11 is 6.04. The molecule has 0 spiro atoms. The van der Waals surface area contributed by atoms with E-state index in [4.69, 9.17) is 16.3 Å². The van der Waals surface area contributed by atoms with Crippen LogP contribution >= 0.6 is 11.6 Å². The van der Waals surface area contributed by atoms with Crippen LogP contribution in [0.1, 0.15) is 25.2 Å². The number of hydrogen-bond acceptors (Lipinski definition) is 4. The van der Waals surface area contributed by atoms with Crippen LogP contribution in [-0.2, 0) is 11.2 Å². The van der Waals surface area contributed by atoms with Crippen molar-refractivity contribution < 1.29 is 4.74 Å². The predicted octanol–water partition coefficient (Wildman–Crippen LogP) is 2.45. The van der Waals surface area contributed by atoms with E-state index in [0.29, 0.717) is 11.8 Å². The van der Waals surface area contributed by atoms with Gasteiger partial charge in [-0.3, -0.25) is 0 Å². The number of anilines is 1. The Morgan fingerprint density at radius 1 is 1.44 bits per heavy atom. The van der Waals surface area contributed by atoms with Gasteiger partial charge in [-0.1, -0.05) is 18.5 Å². The van der Waals surface area contributed by atoms with Gasteiger partial charge in [0.05, 0.1) is 6.61 Å². The largest absolute Gasteiger partial charge is 0.383 e. The second kappa shape index (κ2) is 6.01. The lowest BCUT2D eigenvalue weighted by molar-refractivity contribution is 0.190. The van der Waals surface area contributed by atoms with Crippen LogP contribution < -0.4 is 5.32 Å². The third-order valence-corrected chi connectivity index (χ3v) is 2.62. The van der Waals surface area contributed by atoms with Crippen LogP contribution in [0, 0.1) is 6.92 Å². The Bertz CT molecular complexity index is 357. The fourth-order valence-electron chi connectivity index (χ4n) is 1.36. The number of halogens is 1. The molecule has 0 aliphatic heterocycles. The van der Waals surface area contributed by atoms with E-state index >= 15 is 0 Å². The van der Waals surface area contributed by atoms with E-state index in [9.17, 15) is 0 Å². The van der Waals surface area contributed by atoms with Crippen molar-refractivity contribution in [3.8, 4) is 0 Å². The summed E-state index contributed by atoms with van der Waals surface area (Å²) in [6.07, 6.45) is 0.771. The molecule has 1 aromatic heterocycles.